The van der Waals surface area contributed by atoms with E-state index in [9.17, 15) is 9.90 Å². The van der Waals surface area contributed by atoms with Crippen LogP contribution in [0.2, 0.25) is 0 Å². The van der Waals surface area contributed by atoms with Gasteiger partial charge in [-0.15, -0.1) is 0 Å². The maximum absolute atomic E-state index is 11.0. The number of hydrogen-bond donors (Lipinski definition) is 3. The van der Waals surface area contributed by atoms with Crippen molar-refractivity contribution in [2.75, 3.05) is 6.54 Å². The number of rotatable bonds is 3. The molecule has 0 heterocycles. The zero-order valence-electron chi connectivity index (χ0n) is 7.71. The van der Waals surface area contributed by atoms with Gasteiger partial charge in [0.15, 0.2) is 11.5 Å². The van der Waals surface area contributed by atoms with Gasteiger partial charge in [-0.2, -0.15) is 0 Å². The molecule has 0 aromatic carbocycles. The van der Waals surface area contributed by atoms with Crippen LogP contribution in [0.3, 0.4) is 0 Å². The fourth-order valence-electron chi connectivity index (χ4n) is 1.27. The van der Waals surface area contributed by atoms with E-state index in [1.165, 1.54) is 0 Å². The monoisotopic (exact) mass is 185 g/mol. The van der Waals surface area contributed by atoms with E-state index in [2.05, 4.69) is 5.32 Å². The highest BCUT2D eigenvalue weighted by atomic mass is 16.3. The number of aliphatic hydroxyl groups is 2. The maximum atomic E-state index is 11.0. The molecule has 1 aliphatic rings. The standard InChI is InChI=1S/C9H15NO3/c1-6(11)5-10-7-3-2-4-8(12)9(7)13/h6,10-11,13H,2-5H2,1H3. The van der Waals surface area contributed by atoms with Crippen molar-refractivity contribution >= 4 is 5.78 Å². The van der Waals surface area contributed by atoms with Gasteiger partial charge in [0.05, 0.1) is 11.8 Å². The summed E-state index contributed by atoms with van der Waals surface area (Å²) < 4.78 is 0. The molecule has 4 nitrogen and oxygen atoms in total. The fraction of sp³-hybridized carbons (Fsp3) is 0.667. The van der Waals surface area contributed by atoms with Gasteiger partial charge in [0.25, 0.3) is 0 Å². The lowest BCUT2D eigenvalue weighted by atomic mass is 10.0. The van der Waals surface area contributed by atoms with E-state index < -0.39 is 6.10 Å². The van der Waals surface area contributed by atoms with Crippen molar-refractivity contribution in [2.24, 2.45) is 0 Å². The van der Waals surface area contributed by atoms with Crippen LogP contribution in [0.25, 0.3) is 0 Å². The third kappa shape index (κ3) is 2.73. The minimum atomic E-state index is -0.475. The summed E-state index contributed by atoms with van der Waals surface area (Å²) in [5.41, 5.74) is 0.567. The summed E-state index contributed by atoms with van der Waals surface area (Å²) in [6.07, 6.45) is 1.40. The lowest BCUT2D eigenvalue weighted by Crippen LogP contribution is -2.28. The molecule has 4 heteroatoms. The summed E-state index contributed by atoms with van der Waals surface area (Å²) in [7, 11) is 0. The first-order valence-electron chi connectivity index (χ1n) is 4.48. The van der Waals surface area contributed by atoms with E-state index in [0.717, 1.165) is 6.42 Å². The third-order valence-electron chi connectivity index (χ3n) is 1.99. The molecule has 0 fully saturated rings. The van der Waals surface area contributed by atoms with E-state index in [0.29, 0.717) is 25.1 Å². The predicted octanol–water partition coefficient (Wildman–Crippen LogP) is 0.479. The summed E-state index contributed by atoms with van der Waals surface area (Å²) in [6, 6.07) is 0. The summed E-state index contributed by atoms with van der Waals surface area (Å²) in [5.74, 6) is -0.369. The van der Waals surface area contributed by atoms with Crippen molar-refractivity contribution in [1.82, 2.24) is 5.32 Å². The first-order chi connectivity index (χ1) is 6.11. The van der Waals surface area contributed by atoms with Gasteiger partial charge in [-0.05, 0) is 19.8 Å². The molecule has 3 N–H and O–H groups in total. The molecule has 0 aliphatic heterocycles. The molecular formula is C9H15NO3. The van der Waals surface area contributed by atoms with Crippen molar-refractivity contribution in [3.63, 3.8) is 0 Å². The second kappa shape index (κ2) is 4.28. The molecule has 0 aromatic heterocycles. The molecule has 13 heavy (non-hydrogen) atoms. The second-order valence-electron chi connectivity index (χ2n) is 3.33. The molecule has 0 aromatic rings. The molecular weight excluding hydrogens is 170 g/mol. The van der Waals surface area contributed by atoms with Gasteiger partial charge in [0, 0.05) is 13.0 Å². The summed E-state index contributed by atoms with van der Waals surface area (Å²) >= 11 is 0. The largest absolute Gasteiger partial charge is 0.503 e. The first-order valence-corrected chi connectivity index (χ1v) is 4.48. The Kier molecular flexibility index (Phi) is 3.31. The molecule has 1 unspecified atom stereocenters. The summed E-state index contributed by atoms with van der Waals surface area (Å²) in [4.78, 5) is 11.0. The molecule has 0 radical (unpaired) electrons. The van der Waals surface area contributed by atoms with Crippen LogP contribution in [0.15, 0.2) is 11.5 Å². The number of carbonyl (C=O) groups is 1. The Morgan fingerprint density at radius 2 is 2.23 bits per heavy atom. The minimum absolute atomic E-state index is 0.160. The van der Waals surface area contributed by atoms with Crippen LogP contribution in [0.1, 0.15) is 26.2 Å². The maximum Gasteiger partial charge on any atom is 0.198 e. The van der Waals surface area contributed by atoms with Gasteiger partial charge in [0.2, 0.25) is 0 Å². The molecule has 1 atom stereocenters. The normalized spacial score (nSPS) is 20.3. The van der Waals surface area contributed by atoms with Crippen LogP contribution in [0.4, 0.5) is 0 Å². The van der Waals surface area contributed by atoms with E-state index in [1.807, 2.05) is 0 Å². The zero-order valence-corrected chi connectivity index (χ0v) is 7.71. The Labute approximate surface area is 77.3 Å². The fourth-order valence-corrected chi connectivity index (χ4v) is 1.27. The number of ketones is 1. The van der Waals surface area contributed by atoms with Gasteiger partial charge in [0.1, 0.15) is 0 Å². The van der Waals surface area contributed by atoms with Crippen molar-refractivity contribution in [2.45, 2.75) is 32.3 Å². The number of hydrogen-bond acceptors (Lipinski definition) is 4. The smallest absolute Gasteiger partial charge is 0.198 e. The average molecular weight is 185 g/mol. The minimum Gasteiger partial charge on any atom is -0.503 e. The third-order valence-corrected chi connectivity index (χ3v) is 1.99. The van der Waals surface area contributed by atoms with Crippen LogP contribution >= 0.6 is 0 Å². The Morgan fingerprint density at radius 3 is 2.85 bits per heavy atom. The van der Waals surface area contributed by atoms with Crippen molar-refractivity contribution in [1.29, 1.82) is 0 Å². The van der Waals surface area contributed by atoms with Crippen molar-refractivity contribution < 1.29 is 15.0 Å². The molecule has 0 saturated heterocycles. The van der Waals surface area contributed by atoms with E-state index in [1.54, 1.807) is 6.92 Å². The van der Waals surface area contributed by atoms with Gasteiger partial charge in [-0.1, -0.05) is 0 Å². The van der Waals surface area contributed by atoms with Crippen LogP contribution < -0.4 is 5.32 Å². The van der Waals surface area contributed by atoms with E-state index >= 15 is 0 Å². The Morgan fingerprint density at radius 1 is 1.54 bits per heavy atom. The molecule has 1 rings (SSSR count). The van der Waals surface area contributed by atoms with Crippen LogP contribution in [-0.2, 0) is 4.79 Å². The van der Waals surface area contributed by atoms with Crippen molar-refractivity contribution in [3.05, 3.63) is 11.5 Å². The quantitative estimate of drug-likeness (QED) is 0.598. The molecule has 74 valence electrons. The van der Waals surface area contributed by atoms with E-state index in [-0.39, 0.29) is 11.5 Å². The number of Topliss-reactive ketones (excluding diaryl/α,β-unsaturated/α-hetero) is 1. The SMILES string of the molecule is CC(O)CNC1=C(O)C(=O)CCC1. The van der Waals surface area contributed by atoms with Gasteiger partial charge < -0.3 is 15.5 Å². The molecule has 0 amide bonds. The van der Waals surface area contributed by atoms with Crippen LogP contribution in [0, 0.1) is 0 Å². The molecule has 0 saturated carbocycles. The summed E-state index contributed by atoms with van der Waals surface area (Å²) in [5, 5.41) is 21.2. The lowest BCUT2D eigenvalue weighted by molar-refractivity contribution is -0.118. The predicted molar refractivity (Wildman–Crippen MR) is 48.2 cm³/mol. The number of nitrogens with one attached hydrogen (secondary N) is 1. The Hall–Kier alpha value is -1.03. The number of allylic oxidation sites excluding steroid dienone is 2. The highest BCUT2D eigenvalue weighted by Gasteiger charge is 2.19. The molecule has 0 spiro atoms. The van der Waals surface area contributed by atoms with Crippen molar-refractivity contribution in [3.8, 4) is 0 Å². The van der Waals surface area contributed by atoms with Gasteiger partial charge in [-0.3, -0.25) is 4.79 Å². The number of aliphatic hydroxyl groups excluding tert-OH is 2. The van der Waals surface area contributed by atoms with Crippen LogP contribution in [-0.4, -0.2) is 28.6 Å². The van der Waals surface area contributed by atoms with Crippen LogP contribution in [0.5, 0.6) is 0 Å². The molecule has 1 aliphatic carbocycles. The summed E-state index contributed by atoms with van der Waals surface area (Å²) in [6.45, 7) is 2.02. The second-order valence-corrected chi connectivity index (χ2v) is 3.33. The molecule has 0 bridgehead atoms. The average Bonchev–Trinajstić information content (AvgIpc) is 2.07. The highest BCUT2D eigenvalue weighted by Crippen LogP contribution is 2.17. The zero-order chi connectivity index (χ0) is 9.84. The number of carbonyl (C=O) groups excluding carboxylic acids is 1. The lowest BCUT2D eigenvalue weighted by Gasteiger charge is -2.17. The Bertz CT molecular complexity index is 233. The van der Waals surface area contributed by atoms with E-state index in [4.69, 9.17) is 5.11 Å². The Balaban J connectivity index is 2.56. The highest BCUT2D eigenvalue weighted by molar-refractivity contribution is 5.94. The van der Waals surface area contributed by atoms with Gasteiger partial charge >= 0.3 is 0 Å². The first kappa shape index (κ1) is 10.1. The van der Waals surface area contributed by atoms with Gasteiger partial charge in [-0.25, -0.2) is 0 Å². The topological polar surface area (TPSA) is 69.6 Å².